The number of fused-ring (bicyclic) bond motifs is 2. The van der Waals surface area contributed by atoms with Gasteiger partial charge in [0, 0.05) is 22.9 Å². The molecule has 70 heavy (non-hydrogen) atoms. The van der Waals surface area contributed by atoms with E-state index in [9.17, 15) is 34.8 Å². The average Bonchev–Trinajstić information content (AvgIpc) is 3.30. The molecule has 0 saturated carbocycles. The van der Waals surface area contributed by atoms with Crippen LogP contribution in [0.2, 0.25) is 10.0 Å². The number of carbonyl (C=O) groups excluding carboxylic acids is 3. The van der Waals surface area contributed by atoms with E-state index in [1.165, 1.54) is 6.92 Å². The van der Waals surface area contributed by atoms with Gasteiger partial charge in [0.2, 0.25) is 0 Å². The summed E-state index contributed by atoms with van der Waals surface area (Å²) in [5.41, 5.74) is 4.39. The number of hydrogen-bond donors (Lipinski definition) is 6. The number of anilines is 2. The van der Waals surface area contributed by atoms with E-state index in [0.717, 1.165) is 41.3 Å². The van der Waals surface area contributed by atoms with E-state index >= 15 is 0 Å². The molecule has 0 spiro atoms. The van der Waals surface area contributed by atoms with Crippen molar-refractivity contribution in [2.45, 2.75) is 135 Å². The number of rotatable bonds is 9. The summed E-state index contributed by atoms with van der Waals surface area (Å²) in [7, 11) is 0.750. The van der Waals surface area contributed by atoms with Crippen LogP contribution in [0.4, 0.5) is 11.4 Å². The maximum atomic E-state index is 12.3. The van der Waals surface area contributed by atoms with Gasteiger partial charge in [-0.3, -0.25) is 14.4 Å². The number of aliphatic hydroxyl groups is 4. The molecule has 2 fully saturated rings. The summed E-state index contributed by atoms with van der Waals surface area (Å²) in [4.78, 5) is 36.4. The third-order valence-electron chi connectivity index (χ3n) is 13.1. The molecular weight excluding hydrogens is 954 g/mol. The molecule has 0 radical (unpaired) electrons. The van der Waals surface area contributed by atoms with Gasteiger partial charge in [0.05, 0.1) is 24.1 Å². The molecule has 0 aliphatic carbocycles. The number of aliphatic hydroxyl groups excluding tert-OH is 4. The van der Waals surface area contributed by atoms with Crippen LogP contribution >= 0.6 is 23.2 Å². The van der Waals surface area contributed by atoms with Gasteiger partial charge in [-0.15, -0.1) is 0 Å². The zero-order valence-electron chi connectivity index (χ0n) is 41.2. The number of ether oxygens (including phenoxy) is 5. The number of carbonyl (C=O) groups is 3. The van der Waals surface area contributed by atoms with Gasteiger partial charge < -0.3 is 59.9 Å². The Kier molecular flexibility index (Phi) is 19.4. The van der Waals surface area contributed by atoms with Crippen molar-refractivity contribution in [2.75, 3.05) is 24.4 Å². The normalized spacial score (nSPS) is 27.1. The Morgan fingerprint density at radius 2 is 1.14 bits per heavy atom. The van der Waals surface area contributed by atoms with Crippen molar-refractivity contribution in [1.82, 2.24) is 0 Å². The molecule has 8 rings (SSSR count). The first-order valence-corrected chi connectivity index (χ1v) is 23.7. The van der Waals surface area contributed by atoms with Crippen molar-refractivity contribution in [3.63, 3.8) is 0 Å². The molecule has 15 nitrogen and oxygen atoms in total. The number of benzene rings is 4. The third-order valence-corrected chi connectivity index (χ3v) is 13.9. The first kappa shape index (κ1) is 57.1. The van der Waals surface area contributed by atoms with Gasteiger partial charge >= 0.3 is 35.5 Å². The van der Waals surface area contributed by atoms with E-state index < -0.39 is 48.3 Å². The summed E-state index contributed by atoms with van der Waals surface area (Å²) < 4.78 is 29.5. The maximum absolute atomic E-state index is 12.3. The number of esters is 1. The molecule has 10 atom stereocenters. The molecule has 0 aromatic heterocycles. The fourth-order valence-electron chi connectivity index (χ4n) is 8.97. The SMILES string of the molecule is CC1(C)Oc2ccc(Cc3cc([C@@H]4O[C@H](CO)[C@@H](O)[C@H](O)[C@H]4O)ccc3Cl)cc2NC1=O.CC[C@H]1O[C@@H](c2ccc(Cl)c(Cc3ccc4c(c3)NC(=O)C(C)(C)O4)c2)C(OC(C)=O)C(C)[C@@H]1C.C[O-].[Na+]. The third kappa shape index (κ3) is 12.7. The van der Waals surface area contributed by atoms with Gasteiger partial charge in [-0.1, -0.05) is 80.4 Å². The molecule has 0 bridgehead atoms. The van der Waals surface area contributed by atoms with Gasteiger partial charge in [-0.2, -0.15) is 7.11 Å². The second kappa shape index (κ2) is 23.8. The van der Waals surface area contributed by atoms with E-state index in [4.69, 9.17) is 52.0 Å². The van der Waals surface area contributed by atoms with Crippen molar-refractivity contribution >= 4 is 52.4 Å². The standard InChI is InChI=1S/C28H34ClNO5.C23H26ClNO7.CH3O.Na/c1-7-23-15(2)16(3)25(33-17(4)31)26(34-23)19-9-10-21(29)20(14-19)12-18-8-11-24-22(13-18)30-27(32)28(5,6)35-24;1-23(2)22(30)25-15-8-11(3-6-16(15)32-23)7-13-9-12(4-5-14(13)24)21-20(29)19(28)18(27)17(10-26)31-21;1-2;/h8-11,13-16,23,25-26H,7,12H2,1-6H3,(H,30,32);3-6,8-9,17-21,26-29H,7,10H2,1-2H3,(H,25,30);1H3;/q;;-1;+1/t15-,16?,23+,25?,26-;17-,18-,19+,20-,21+;;/m01../s1. The van der Waals surface area contributed by atoms with Crippen LogP contribution in [-0.2, 0) is 41.4 Å². The van der Waals surface area contributed by atoms with Gasteiger partial charge in [0.15, 0.2) is 11.2 Å². The van der Waals surface area contributed by atoms with Crippen LogP contribution in [0.5, 0.6) is 11.5 Å². The fraction of sp³-hybridized carbons (Fsp3) is 0.481. The minimum Gasteiger partial charge on any atom is -0.857 e. The van der Waals surface area contributed by atoms with Crippen LogP contribution in [-0.4, -0.2) is 99.8 Å². The van der Waals surface area contributed by atoms with Crippen LogP contribution in [0, 0.1) is 11.8 Å². The molecule has 2 unspecified atom stereocenters. The summed E-state index contributed by atoms with van der Waals surface area (Å²) >= 11 is 13.0. The van der Waals surface area contributed by atoms with E-state index in [-0.39, 0.29) is 77.5 Å². The Bertz CT molecular complexity index is 2510. The molecule has 374 valence electrons. The Balaban J connectivity index is 0.000000249. The van der Waals surface area contributed by atoms with Crippen molar-refractivity contribution in [3.05, 3.63) is 116 Å². The summed E-state index contributed by atoms with van der Waals surface area (Å²) in [6, 6.07) is 22.2. The van der Waals surface area contributed by atoms with Crippen LogP contribution < -0.4 is 54.8 Å². The van der Waals surface area contributed by atoms with E-state index in [2.05, 4.69) is 31.4 Å². The van der Waals surface area contributed by atoms with Gasteiger partial charge in [-0.05, 0) is 123 Å². The van der Waals surface area contributed by atoms with Crippen molar-refractivity contribution < 1.29 is 93.2 Å². The first-order chi connectivity index (χ1) is 32.6. The average molecular weight is 1020 g/mol. The van der Waals surface area contributed by atoms with Crippen LogP contribution in [0.25, 0.3) is 0 Å². The number of amides is 2. The summed E-state index contributed by atoms with van der Waals surface area (Å²) in [5.74, 6) is 0.923. The Labute approximate surface area is 441 Å². The second-order valence-electron chi connectivity index (χ2n) is 18.9. The van der Waals surface area contributed by atoms with Crippen LogP contribution in [0.3, 0.4) is 0 Å². The molecule has 4 aromatic carbocycles. The van der Waals surface area contributed by atoms with Crippen LogP contribution in [0.1, 0.15) is 107 Å². The smallest absolute Gasteiger partial charge is 0.857 e. The topological polar surface area (TPSA) is 225 Å². The summed E-state index contributed by atoms with van der Waals surface area (Å²) in [6.07, 6.45) is -4.99. The van der Waals surface area contributed by atoms with Crippen LogP contribution in [0.15, 0.2) is 72.8 Å². The van der Waals surface area contributed by atoms with Crippen molar-refractivity contribution in [3.8, 4) is 11.5 Å². The van der Waals surface area contributed by atoms with Crippen molar-refractivity contribution in [1.29, 1.82) is 0 Å². The zero-order chi connectivity index (χ0) is 50.7. The zero-order valence-corrected chi connectivity index (χ0v) is 44.8. The molecule has 4 aliphatic rings. The monoisotopic (exact) mass is 1020 g/mol. The predicted octanol–water partition coefficient (Wildman–Crippen LogP) is 3.63. The molecule has 2 amide bonds. The van der Waals surface area contributed by atoms with E-state index in [0.29, 0.717) is 51.3 Å². The van der Waals surface area contributed by atoms with E-state index in [1.807, 2.05) is 48.5 Å². The molecule has 18 heteroatoms. The van der Waals surface area contributed by atoms with Crippen molar-refractivity contribution in [2.24, 2.45) is 11.8 Å². The maximum Gasteiger partial charge on any atom is 1.00 e. The fourth-order valence-corrected chi connectivity index (χ4v) is 9.34. The minimum atomic E-state index is -1.46. The molecule has 4 heterocycles. The molecule has 4 aromatic rings. The summed E-state index contributed by atoms with van der Waals surface area (Å²) in [6.45, 7) is 14.2. The molecular formula is C52H63Cl2N2NaO13. The number of nitrogens with one attached hydrogen (secondary N) is 2. The number of halogens is 2. The number of hydrogen-bond acceptors (Lipinski definition) is 13. The Morgan fingerprint density at radius 3 is 1.59 bits per heavy atom. The second-order valence-corrected chi connectivity index (χ2v) is 19.7. The summed E-state index contributed by atoms with van der Waals surface area (Å²) in [5, 5.41) is 55.1. The quantitative estimate of drug-likeness (QED) is 0.104. The van der Waals surface area contributed by atoms with Gasteiger partial charge in [0.1, 0.15) is 54.2 Å². The molecule has 4 aliphatic heterocycles. The Morgan fingerprint density at radius 1 is 0.686 bits per heavy atom. The van der Waals surface area contributed by atoms with Gasteiger partial charge in [0.25, 0.3) is 11.8 Å². The Hall–Kier alpha value is -3.81. The predicted molar refractivity (Wildman–Crippen MR) is 259 cm³/mol. The molecule has 2 saturated heterocycles. The van der Waals surface area contributed by atoms with E-state index in [1.54, 1.807) is 52.0 Å². The van der Waals surface area contributed by atoms with Gasteiger partial charge in [-0.25, -0.2) is 0 Å². The molecule has 6 N–H and O–H groups in total. The first-order valence-electron chi connectivity index (χ1n) is 23.0. The minimum absolute atomic E-state index is 0. The largest absolute Gasteiger partial charge is 1.00 e.